The fourth-order valence-corrected chi connectivity index (χ4v) is 23.1. The molecule has 2 heterocycles. The molecule has 0 saturated heterocycles. The Morgan fingerprint density at radius 3 is 1.30 bits per heavy atom. The standard InChI is InChI=1S/C36H23N2.3C6H5.Sn/c1-2-12-25(13-3-1)27-14-4-8-18-32(27)38-35-21-11-7-17-30(35)31-24-26(22-23-36(31)38)37-33-19-9-5-15-28(33)29-16-6-10-20-34(29)37;3*1-2-4-6-5-3-1;/h1-2,4-24H;3*1-5H;. The van der Waals surface area contributed by atoms with E-state index in [1.165, 1.54) is 74.7 Å². The van der Waals surface area contributed by atoms with E-state index >= 15 is 0 Å². The molecule has 0 fully saturated rings. The summed E-state index contributed by atoms with van der Waals surface area (Å²) < 4.78 is 10.6. The maximum absolute atomic E-state index is 3.83. The molecule has 57 heavy (non-hydrogen) atoms. The van der Waals surface area contributed by atoms with E-state index in [0.717, 1.165) is 5.69 Å². The van der Waals surface area contributed by atoms with Gasteiger partial charge in [-0.2, -0.15) is 0 Å². The van der Waals surface area contributed by atoms with Crippen molar-refractivity contribution < 1.29 is 0 Å². The molecule has 0 aliphatic carbocycles. The second-order valence-corrected chi connectivity index (χ2v) is 25.7. The van der Waals surface area contributed by atoms with Gasteiger partial charge in [-0.15, -0.1) is 0 Å². The average Bonchev–Trinajstić information content (AvgIpc) is 3.80. The van der Waals surface area contributed by atoms with Gasteiger partial charge in [-0.05, 0) is 12.1 Å². The van der Waals surface area contributed by atoms with E-state index in [9.17, 15) is 0 Å². The summed E-state index contributed by atoms with van der Waals surface area (Å²) in [7, 11) is 0. The first-order valence-electron chi connectivity index (χ1n) is 19.7. The molecule has 9 aromatic carbocycles. The average molecular weight is 834 g/mol. The summed E-state index contributed by atoms with van der Waals surface area (Å²) >= 11 is -3.83. The molecular formula is C54H38N2Sn. The van der Waals surface area contributed by atoms with Crippen molar-refractivity contribution in [1.29, 1.82) is 0 Å². The van der Waals surface area contributed by atoms with Crippen LogP contribution in [-0.2, 0) is 0 Å². The van der Waals surface area contributed by atoms with Gasteiger partial charge in [0.2, 0.25) is 0 Å². The van der Waals surface area contributed by atoms with Gasteiger partial charge in [-0.25, -0.2) is 0 Å². The van der Waals surface area contributed by atoms with Crippen LogP contribution in [0.15, 0.2) is 231 Å². The van der Waals surface area contributed by atoms with Crippen LogP contribution in [0, 0.1) is 0 Å². The number of aromatic nitrogens is 2. The van der Waals surface area contributed by atoms with Crippen molar-refractivity contribution in [3.8, 4) is 22.5 Å². The molecule has 0 amide bonds. The number of hydrogen-bond acceptors (Lipinski definition) is 0. The Kier molecular flexibility index (Phi) is 8.18. The molecule has 3 heteroatoms. The Hall–Kier alpha value is -6.62. The number of fused-ring (bicyclic) bond motifs is 6. The predicted octanol–water partition coefficient (Wildman–Crippen LogP) is 10.9. The van der Waals surface area contributed by atoms with Gasteiger partial charge in [0.15, 0.2) is 0 Å². The van der Waals surface area contributed by atoms with E-state index in [1.54, 1.807) is 0 Å². The topological polar surface area (TPSA) is 9.86 Å². The van der Waals surface area contributed by atoms with Crippen LogP contribution in [0.3, 0.4) is 0 Å². The number of benzene rings is 9. The first-order valence-corrected chi connectivity index (χ1v) is 25.4. The zero-order valence-electron chi connectivity index (χ0n) is 31.3. The Morgan fingerprint density at radius 1 is 0.281 bits per heavy atom. The van der Waals surface area contributed by atoms with E-state index in [-0.39, 0.29) is 0 Å². The van der Waals surface area contributed by atoms with Gasteiger partial charge < -0.3 is 0 Å². The van der Waals surface area contributed by atoms with Gasteiger partial charge >= 0.3 is 279 Å². The molecule has 0 saturated carbocycles. The van der Waals surface area contributed by atoms with Crippen LogP contribution in [0.4, 0.5) is 0 Å². The van der Waals surface area contributed by atoms with Gasteiger partial charge in [-0.3, -0.25) is 0 Å². The number of hydrogen-bond donors (Lipinski definition) is 0. The van der Waals surface area contributed by atoms with Crippen molar-refractivity contribution in [3.05, 3.63) is 231 Å². The molecule has 268 valence electrons. The minimum atomic E-state index is -3.83. The van der Waals surface area contributed by atoms with E-state index < -0.39 is 18.4 Å². The second kappa shape index (κ2) is 13.8. The Balaban J connectivity index is 1.13. The van der Waals surface area contributed by atoms with E-state index in [1.807, 2.05) is 0 Å². The van der Waals surface area contributed by atoms with E-state index in [2.05, 4.69) is 240 Å². The van der Waals surface area contributed by atoms with Crippen molar-refractivity contribution in [3.63, 3.8) is 0 Å². The SMILES string of the molecule is c1cc[c]([Sn]([c]2ccccc2)([c]2ccccc2)[c]2cccc(-c3ccccc3-n3c4ccccc4c4cc(-n5c6ccccc6c6ccccc65)ccc43)c2)cc1. The zero-order valence-corrected chi connectivity index (χ0v) is 34.2. The normalized spacial score (nSPS) is 11.9. The summed E-state index contributed by atoms with van der Waals surface area (Å²) in [5.41, 5.74) is 9.59. The molecule has 11 aromatic rings. The van der Waals surface area contributed by atoms with Gasteiger partial charge in [0.05, 0.1) is 0 Å². The number of para-hydroxylation sites is 4. The summed E-state index contributed by atoms with van der Waals surface area (Å²) in [5, 5.41) is 5.02. The van der Waals surface area contributed by atoms with Gasteiger partial charge in [0, 0.05) is 10.8 Å². The summed E-state index contributed by atoms with van der Waals surface area (Å²) in [5.74, 6) is 0. The molecule has 0 unspecified atom stereocenters. The third kappa shape index (κ3) is 5.32. The van der Waals surface area contributed by atoms with Crippen molar-refractivity contribution in [2.24, 2.45) is 0 Å². The van der Waals surface area contributed by atoms with Crippen molar-refractivity contribution in [2.45, 2.75) is 0 Å². The van der Waals surface area contributed by atoms with Crippen LogP contribution in [0.5, 0.6) is 0 Å². The Labute approximate surface area is 336 Å². The quantitative estimate of drug-likeness (QED) is 0.142. The first-order chi connectivity index (χ1) is 28.3. The molecule has 2 nitrogen and oxygen atoms in total. The monoisotopic (exact) mass is 834 g/mol. The van der Waals surface area contributed by atoms with Crippen LogP contribution in [0.2, 0.25) is 0 Å². The molecule has 0 aliphatic rings. The van der Waals surface area contributed by atoms with Crippen molar-refractivity contribution >= 4 is 76.3 Å². The van der Waals surface area contributed by atoms with Crippen molar-refractivity contribution in [2.75, 3.05) is 0 Å². The summed E-state index contributed by atoms with van der Waals surface area (Å²) in [4.78, 5) is 0. The second-order valence-electron chi connectivity index (χ2n) is 14.9. The van der Waals surface area contributed by atoms with Crippen LogP contribution >= 0.6 is 0 Å². The summed E-state index contributed by atoms with van der Waals surface area (Å²) in [6.07, 6.45) is 0. The van der Waals surface area contributed by atoms with Gasteiger partial charge in [0.1, 0.15) is 0 Å². The third-order valence-electron chi connectivity index (χ3n) is 11.9. The predicted molar refractivity (Wildman–Crippen MR) is 244 cm³/mol. The number of rotatable bonds is 7. The molecule has 0 bridgehead atoms. The van der Waals surface area contributed by atoms with E-state index in [4.69, 9.17) is 0 Å². The minimum absolute atomic E-state index is 1.16. The summed E-state index contributed by atoms with van der Waals surface area (Å²) in [6, 6.07) is 85.7. The van der Waals surface area contributed by atoms with Crippen LogP contribution in [0.25, 0.3) is 66.1 Å². The number of nitrogens with zero attached hydrogens (tertiary/aromatic N) is 2. The molecule has 11 rings (SSSR count). The molecule has 0 N–H and O–H groups in total. The molecule has 2 aromatic heterocycles. The van der Waals surface area contributed by atoms with E-state index in [0.29, 0.717) is 0 Å². The summed E-state index contributed by atoms with van der Waals surface area (Å²) in [6.45, 7) is 0. The first kappa shape index (κ1) is 33.7. The zero-order chi connectivity index (χ0) is 37.8. The molecule has 0 spiro atoms. The molecule has 0 radical (unpaired) electrons. The van der Waals surface area contributed by atoms with Gasteiger partial charge in [-0.1, -0.05) is 36.4 Å². The maximum atomic E-state index is 2.51. The van der Waals surface area contributed by atoms with Crippen LogP contribution in [-0.4, -0.2) is 27.5 Å². The Bertz CT molecular complexity index is 3080. The Morgan fingerprint density at radius 2 is 0.719 bits per heavy atom. The van der Waals surface area contributed by atoms with Crippen LogP contribution in [0.1, 0.15) is 0 Å². The molecule has 0 aliphatic heterocycles. The fraction of sp³-hybridized carbons (Fsp3) is 0. The van der Waals surface area contributed by atoms with Crippen LogP contribution < -0.4 is 14.3 Å². The molecule has 0 atom stereocenters. The van der Waals surface area contributed by atoms with Crippen molar-refractivity contribution in [1.82, 2.24) is 9.13 Å². The van der Waals surface area contributed by atoms with Gasteiger partial charge in [0.25, 0.3) is 0 Å². The third-order valence-corrected chi connectivity index (χ3v) is 25.5. The molecular weight excluding hydrogens is 795 g/mol. The fourth-order valence-electron chi connectivity index (χ4n) is 9.46.